The predicted octanol–water partition coefficient (Wildman–Crippen LogP) is 1.72. The molecule has 2 atom stereocenters. The number of hydrogen-bond acceptors (Lipinski definition) is 2. The lowest BCUT2D eigenvalue weighted by molar-refractivity contribution is 0.242. The van der Waals surface area contributed by atoms with Gasteiger partial charge >= 0.3 is 0 Å². The summed E-state index contributed by atoms with van der Waals surface area (Å²) in [6.45, 7) is 0.121. The number of halogens is 1. The molecule has 1 aromatic rings. The molecule has 2 nitrogen and oxygen atoms in total. The van der Waals surface area contributed by atoms with Crippen molar-refractivity contribution in [3.63, 3.8) is 0 Å². The molecule has 0 saturated carbocycles. The second kappa shape index (κ2) is 3.32. The minimum atomic E-state index is 0.0286. The molecule has 3 heteroatoms. The number of epoxide rings is 1. The maximum absolute atomic E-state index is 8.80. The molecule has 0 unspecified atom stereocenters. The molecule has 1 aliphatic heterocycles. The summed E-state index contributed by atoms with van der Waals surface area (Å²) in [6, 6.07) is 8.09. The summed E-state index contributed by atoms with van der Waals surface area (Å²) >= 11 is 2.28. The molecule has 0 radical (unpaired) electrons. The fourth-order valence-electron chi connectivity index (χ4n) is 1.26. The van der Waals surface area contributed by atoms with E-state index in [1.165, 1.54) is 9.13 Å². The van der Waals surface area contributed by atoms with Crippen LogP contribution in [0.5, 0.6) is 0 Å². The monoisotopic (exact) mass is 276 g/mol. The van der Waals surface area contributed by atoms with Crippen molar-refractivity contribution < 1.29 is 9.84 Å². The Kier molecular flexibility index (Phi) is 2.34. The zero-order chi connectivity index (χ0) is 8.55. The maximum Gasteiger partial charge on any atom is 0.113 e. The van der Waals surface area contributed by atoms with Crippen LogP contribution in [0.1, 0.15) is 11.7 Å². The van der Waals surface area contributed by atoms with Gasteiger partial charge in [-0.15, -0.1) is 0 Å². The smallest absolute Gasteiger partial charge is 0.113 e. The third-order valence-electron chi connectivity index (χ3n) is 1.97. The van der Waals surface area contributed by atoms with E-state index in [0.29, 0.717) is 0 Å². The van der Waals surface area contributed by atoms with Gasteiger partial charge in [-0.1, -0.05) is 18.2 Å². The van der Waals surface area contributed by atoms with Gasteiger partial charge in [0.15, 0.2) is 0 Å². The first kappa shape index (κ1) is 8.47. The number of ether oxygens (including phenoxy) is 1. The van der Waals surface area contributed by atoms with E-state index in [2.05, 4.69) is 22.6 Å². The van der Waals surface area contributed by atoms with Gasteiger partial charge in [0, 0.05) is 3.57 Å². The molecule has 0 amide bonds. The van der Waals surface area contributed by atoms with Crippen LogP contribution in [-0.4, -0.2) is 17.8 Å². The Balaban J connectivity index is 2.19. The number of benzene rings is 1. The second-order valence-corrected chi connectivity index (χ2v) is 3.96. The number of aliphatic hydroxyl groups excluding tert-OH is 1. The highest BCUT2D eigenvalue weighted by Crippen LogP contribution is 2.39. The zero-order valence-corrected chi connectivity index (χ0v) is 8.56. The number of aliphatic hydroxyl groups is 1. The third-order valence-corrected chi connectivity index (χ3v) is 2.96. The van der Waals surface area contributed by atoms with E-state index in [0.717, 1.165) is 0 Å². The molecule has 1 aromatic carbocycles. The van der Waals surface area contributed by atoms with Crippen LogP contribution in [0.4, 0.5) is 0 Å². The van der Waals surface area contributed by atoms with Crippen LogP contribution in [0.3, 0.4) is 0 Å². The summed E-state index contributed by atoms with van der Waals surface area (Å²) in [4.78, 5) is 0. The molecule has 1 aliphatic rings. The lowest BCUT2D eigenvalue weighted by atomic mass is 10.1. The van der Waals surface area contributed by atoms with Crippen molar-refractivity contribution in [1.29, 1.82) is 0 Å². The van der Waals surface area contributed by atoms with Crippen molar-refractivity contribution in [3.05, 3.63) is 33.4 Å². The Morgan fingerprint density at radius 3 is 2.75 bits per heavy atom. The molecule has 0 aliphatic carbocycles. The van der Waals surface area contributed by atoms with Crippen LogP contribution in [0.15, 0.2) is 24.3 Å². The average molecular weight is 276 g/mol. The second-order valence-electron chi connectivity index (χ2n) is 2.80. The van der Waals surface area contributed by atoms with E-state index < -0.39 is 0 Å². The molecular weight excluding hydrogens is 267 g/mol. The third kappa shape index (κ3) is 1.48. The Bertz CT molecular complexity index is 288. The number of rotatable bonds is 2. The molecule has 64 valence electrons. The van der Waals surface area contributed by atoms with E-state index >= 15 is 0 Å². The molecule has 1 heterocycles. The van der Waals surface area contributed by atoms with Crippen molar-refractivity contribution in [3.8, 4) is 0 Å². The minimum Gasteiger partial charge on any atom is -0.394 e. The van der Waals surface area contributed by atoms with Gasteiger partial charge in [0.05, 0.1) is 6.61 Å². The maximum atomic E-state index is 8.80. The summed E-state index contributed by atoms with van der Waals surface area (Å²) in [7, 11) is 0. The molecule has 12 heavy (non-hydrogen) atoms. The summed E-state index contributed by atoms with van der Waals surface area (Å²) in [5.74, 6) is 0. The fourth-order valence-corrected chi connectivity index (χ4v) is 1.96. The Labute approximate surface area is 84.7 Å². The standard InChI is InChI=1S/C9H9IO2/c10-7-4-2-1-3-6(7)9-8(5-11)12-9/h1-4,8-9,11H,5H2/t8-,9-/m1/s1. The molecule has 0 spiro atoms. The molecule has 1 saturated heterocycles. The van der Waals surface area contributed by atoms with Crippen LogP contribution in [0, 0.1) is 3.57 Å². The highest BCUT2D eigenvalue weighted by atomic mass is 127. The van der Waals surface area contributed by atoms with Gasteiger partial charge in [0.1, 0.15) is 12.2 Å². The molecule has 1 fully saturated rings. The Morgan fingerprint density at radius 1 is 1.42 bits per heavy atom. The first-order chi connectivity index (χ1) is 5.83. The van der Waals surface area contributed by atoms with Gasteiger partial charge in [-0.2, -0.15) is 0 Å². The highest BCUT2D eigenvalue weighted by Gasteiger charge is 2.40. The molecule has 1 N–H and O–H groups in total. The highest BCUT2D eigenvalue weighted by molar-refractivity contribution is 14.1. The Morgan fingerprint density at radius 2 is 2.17 bits per heavy atom. The van der Waals surface area contributed by atoms with Crippen LogP contribution in [0.2, 0.25) is 0 Å². The molecular formula is C9H9IO2. The Hall–Kier alpha value is -0.130. The summed E-state index contributed by atoms with van der Waals surface area (Å²) < 4.78 is 6.48. The summed E-state index contributed by atoms with van der Waals surface area (Å²) in [5, 5.41) is 8.80. The van der Waals surface area contributed by atoms with Gasteiger partial charge in [0.2, 0.25) is 0 Å². The largest absolute Gasteiger partial charge is 0.394 e. The lowest BCUT2D eigenvalue weighted by Gasteiger charge is -1.97. The van der Waals surface area contributed by atoms with Crippen molar-refractivity contribution in [2.75, 3.05) is 6.61 Å². The van der Waals surface area contributed by atoms with Crippen molar-refractivity contribution in [1.82, 2.24) is 0 Å². The van der Waals surface area contributed by atoms with E-state index in [1.807, 2.05) is 24.3 Å². The van der Waals surface area contributed by atoms with Gasteiger partial charge in [-0.25, -0.2) is 0 Å². The van der Waals surface area contributed by atoms with Crippen LogP contribution < -0.4 is 0 Å². The van der Waals surface area contributed by atoms with E-state index in [-0.39, 0.29) is 18.8 Å². The van der Waals surface area contributed by atoms with E-state index in [9.17, 15) is 0 Å². The molecule has 0 aromatic heterocycles. The van der Waals surface area contributed by atoms with Crippen molar-refractivity contribution in [2.24, 2.45) is 0 Å². The number of hydrogen-bond donors (Lipinski definition) is 1. The van der Waals surface area contributed by atoms with Crippen molar-refractivity contribution in [2.45, 2.75) is 12.2 Å². The van der Waals surface area contributed by atoms with Crippen molar-refractivity contribution >= 4 is 22.6 Å². The predicted molar refractivity (Wildman–Crippen MR) is 53.9 cm³/mol. The van der Waals surface area contributed by atoms with E-state index in [1.54, 1.807) is 0 Å². The average Bonchev–Trinajstić information content (AvgIpc) is 2.84. The van der Waals surface area contributed by atoms with Crippen LogP contribution in [0.25, 0.3) is 0 Å². The molecule has 0 bridgehead atoms. The first-order valence-corrected chi connectivity index (χ1v) is 4.91. The van der Waals surface area contributed by atoms with Gasteiger partial charge in [-0.05, 0) is 34.2 Å². The summed E-state index contributed by atoms with van der Waals surface area (Å²) in [5.41, 5.74) is 1.19. The van der Waals surface area contributed by atoms with Gasteiger partial charge in [-0.3, -0.25) is 0 Å². The topological polar surface area (TPSA) is 32.8 Å². The quantitative estimate of drug-likeness (QED) is 0.659. The van der Waals surface area contributed by atoms with Gasteiger partial charge in [0.25, 0.3) is 0 Å². The SMILES string of the molecule is OC[C@H]1O[C@@H]1c1ccccc1I. The molecule has 2 rings (SSSR count). The fraction of sp³-hybridized carbons (Fsp3) is 0.333. The lowest BCUT2D eigenvalue weighted by Crippen LogP contribution is -1.95. The summed E-state index contributed by atoms with van der Waals surface area (Å²) in [6.07, 6.45) is 0.156. The van der Waals surface area contributed by atoms with Crippen LogP contribution in [-0.2, 0) is 4.74 Å². The first-order valence-electron chi connectivity index (χ1n) is 3.83. The van der Waals surface area contributed by atoms with E-state index in [4.69, 9.17) is 9.84 Å². The van der Waals surface area contributed by atoms with Crippen LogP contribution >= 0.6 is 22.6 Å². The minimum absolute atomic E-state index is 0.0286. The zero-order valence-electron chi connectivity index (χ0n) is 6.40. The van der Waals surface area contributed by atoms with Gasteiger partial charge < -0.3 is 9.84 Å². The normalized spacial score (nSPS) is 27.2.